The summed E-state index contributed by atoms with van der Waals surface area (Å²) in [6.07, 6.45) is 0. The van der Waals surface area contributed by atoms with Crippen LogP contribution in [0.2, 0.25) is 0 Å². The van der Waals surface area contributed by atoms with Crippen LogP contribution in [0.15, 0.2) is 0 Å². The quantitative estimate of drug-likeness (QED) is 0.245. The smallest absolute Gasteiger partial charge is 0.320 e. The number of likely N-dealkylation sites (N-methyl/N-ethyl adjacent to an activating group) is 1. The predicted octanol–water partition coefficient (Wildman–Crippen LogP) is 0.000400. The van der Waals surface area contributed by atoms with Crippen molar-refractivity contribution in [3.05, 3.63) is 0 Å². The highest BCUT2D eigenvalue weighted by atomic mass is 16.5. The molecule has 0 spiro atoms. The normalized spacial score (nSPS) is 10.0. The largest absolute Gasteiger partial charge is 0.480 e. The molecular formula is C17H32N2O8. The molecule has 27 heavy (non-hydrogen) atoms. The summed E-state index contributed by atoms with van der Waals surface area (Å²) in [5.74, 6) is -1.80. The fraction of sp³-hybridized carbons (Fsp3) is 0.765. The van der Waals surface area contributed by atoms with Gasteiger partial charge in [0.1, 0.15) is 0 Å². The lowest BCUT2D eigenvalue weighted by Gasteiger charge is -2.24. The van der Waals surface area contributed by atoms with Gasteiger partial charge < -0.3 is 19.3 Å². The maximum absolute atomic E-state index is 11.5. The lowest BCUT2D eigenvalue weighted by molar-refractivity contribution is -0.147. The highest BCUT2D eigenvalue weighted by molar-refractivity contribution is 5.74. The van der Waals surface area contributed by atoms with Gasteiger partial charge in [-0.25, -0.2) is 0 Å². The van der Waals surface area contributed by atoms with E-state index in [1.165, 1.54) is 4.90 Å². The Morgan fingerprint density at radius 1 is 0.815 bits per heavy atom. The van der Waals surface area contributed by atoms with Gasteiger partial charge in [-0.3, -0.25) is 29.0 Å². The predicted molar refractivity (Wildman–Crippen MR) is 97.1 cm³/mol. The van der Waals surface area contributed by atoms with Crippen molar-refractivity contribution in [3.8, 4) is 0 Å². The van der Waals surface area contributed by atoms with Gasteiger partial charge in [0.05, 0.1) is 39.5 Å². The Balaban J connectivity index is 0. The molecule has 10 heteroatoms. The summed E-state index contributed by atoms with van der Waals surface area (Å²) < 4.78 is 13.9. The van der Waals surface area contributed by atoms with Crippen LogP contribution in [0.25, 0.3) is 0 Å². The number of ether oxygens (including phenoxy) is 3. The first-order chi connectivity index (χ1) is 12.8. The van der Waals surface area contributed by atoms with Gasteiger partial charge in [-0.2, -0.15) is 0 Å². The number of hydrogen-bond acceptors (Lipinski definition) is 9. The monoisotopic (exact) mass is 392 g/mol. The molecule has 0 unspecified atom stereocenters. The first-order valence-corrected chi connectivity index (χ1v) is 8.87. The fourth-order valence-corrected chi connectivity index (χ4v) is 1.88. The number of esters is 2. The van der Waals surface area contributed by atoms with Gasteiger partial charge in [0.2, 0.25) is 0 Å². The maximum Gasteiger partial charge on any atom is 0.320 e. The highest BCUT2D eigenvalue weighted by Crippen LogP contribution is 1.96. The molecule has 0 atom stereocenters. The summed E-state index contributed by atoms with van der Waals surface area (Å²) >= 11 is 0. The number of hydrogen-bond donors (Lipinski definition) is 1. The standard InChI is InChI=1S/C14H26N2O6.C3H6O2/c1-4-15(10-13(19)21-5-2)7-8-16(9-12(17)18)11-14(20)22-6-3;1-2-5-3-4/h4-11H2,1-3H3,(H,17,18);3H,2H2,1H3. The molecule has 0 rings (SSSR count). The van der Waals surface area contributed by atoms with Crippen LogP contribution in [0.4, 0.5) is 0 Å². The average Bonchev–Trinajstić information content (AvgIpc) is 2.59. The minimum Gasteiger partial charge on any atom is -0.480 e. The van der Waals surface area contributed by atoms with Crippen LogP contribution >= 0.6 is 0 Å². The third-order valence-electron chi connectivity index (χ3n) is 3.09. The van der Waals surface area contributed by atoms with Gasteiger partial charge in [-0.1, -0.05) is 6.92 Å². The summed E-state index contributed by atoms with van der Waals surface area (Å²) in [7, 11) is 0. The SMILES string of the molecule is CCOC(=O)CN(CC)CCN(CC(=O)O)CC(=O)OCC.CCOC=O. The second kappa shape index (κ2) is 18.6. The zero-order valence-corrected chi connectivity index (χ0v) is 16.6. The van der Waals surface area contributed by atoms with Gasteiger partial charge in [0.15, 0.2) is 0 Å². The Labute approximate surface area is 160 Å². The third-order valence-corrected chi connectivity index (χ3v) is 3.09. The van der Waals surface area contributed by atoms with Crippen molar-refractivity contribution in [1.29, 1.82) is 0 Å². The molecule has 0 amide bonds. The molecule has 0 aliphatic heterocycles. The van der Waals surface area contributed by atoms with Crippen LogP contribution < -0.4 is 0 Å². The van der Waals surface area contributed by atoms with E-state index in [0.717, 1.165) is 0 Å². The van der Waals surface area contributed by atoms with E-state index in [0.29, 0.717) is 39.3 Å². The lowest BCUT2D eigenvalue weighted by Crippen LogP contribution is -2.42. The number of carboxylic acids is 1. The first-order valence-electron chi connectivity index (χ1n) is 8.87. The summed E-state index contributed by atoms with van der Waals surface area (Å²) in [6, 6.07) is 0. The minimum absolute atomic E-state index is 0.0862. The number of carbonyl (C=O) groups excluding carboxylic acids is 3. The number of aliphatic carboxylic acids is 1. The van der Waals surface area contributed by atoms with Crippen LogP contribution in [0.3, 0.4) is 0 Å². The third kappa shape index (κ3) is 18.4. The minimum atomic E-state index is -1.02. The molecule has 0 saturated heterocycles. The van der Waals surface area contributed by atoms with E-state index in [-0.39, 0.29) is 32.2 Å². The summed E-state index contributed by atoms with van der Waals surface area (Å²) in [6.45, 7) is 9.80. The van der Waals surface area contributed by atoms with E-state index >= 15 is 0 Å². The summed E-state index contributed by atoms with van der Waals surface area (Å²) in [5, 5.41) is 8.88. The molecule has 1 N–H and O–H groups in total. The molecular weight excluding hydrogens is 360 g/mol. The molecule has 0 heterocycles. The maximum atomic E-state index is 11.5. The Morgan fingerprint density at radius 3 is 1.63 bits per heavy atom. The molecule has 0 aliphatic carbocycles. The number of rotatable bonds is 14. The van der Waals surface area contributed by atoms with E-state index in [9.17, 15) is 19.2 Å². The first kappa shape index (κ1) is 27.0. The van der Waals surface area contributed by atoms with Gasteiger partial charge >= 0.3 is 17.9 Å². The molecule has 0 radical (unpaired) electrons. The van der Waals surface area contributed by atoms with Gasteiger partial charge in [0, 0.05) is 13.1 Å². The molecule has 0 aromatic heterocycles. The van der Waals surface area contributed by atoms with E-state index in [4.69, 9.17) is 14.6 Å². The van der Waals surface area contributed by atoms with Crippen LogP contribution in [0.5, 0.6) is 0 Å². The van der Waals surface area contributed by atoms with Crippen LogP contribution in [0, 0.1) is 0 Å². The summed E-state index contributed by atoms with van der Waals surface area (Å²) in [4.78, 5) is 46.3. The van der Waals surface area contributed by atoms with Crippen molar-refractivity contribution in [2.45, 2.75) is 27.7 Å². The molecule has 10 nitrogen and oxygen atoms in total. The van der Waals surface area contributed by atoms with Crippen molar-refractivity contribution < 1.29 is 38.5 Å². The Morgan fingerprint density at radius 2 is 1.30 bits per heavy atom. The van der Waals surface area contributed by atoms with E-state index in [1.807, 2.05) is 11.8 Å². The zero-order valence-electron chi connectivity index (χ0n) is 16.6. The molecule has 0 aliphatic rings. The van der Waals surface area contributed by atoms with Crippen molar-refractivity contribution in [2.24, 2.45) is 0 Å². The van der Waals surface area contributed by atoms with Crippen LogP contribution in [-0.4, -0.2) is 98.4 Å². The van der Waals surface area contributed by atoms with Gasteiger partial charge in [0.25, 0.3) is 6.47 Å². The van der Waals surface area contributed by atoms with Crippen LogP contribution in [0.1, 0.15) is 27.7 Å². The molecule has 158 valence electrons. The molecule has 0 fully saturated rings. The van der Waals surface area contributed by atoms with E-state index in [2.05, 4.69) is 4.74 Å². The van der Waals surface area contributed by atoms with Gasteiger partial charge in [-0.05, 0) is 27.3 Å². The van der Waals surface area contributed by atoms with Crippen LogP contribution in [-0.2, 0) is 33.4 Å². The van der Waals surface area contributed by atoms with Gasteiger partial charge in [-0.15, -0.1) is 0 Å². The second-order valence-electron chi connectivity index (χ2n) is 5.13. The van der Waals surface area contributed by atoms with E-state index < -0.39 is 11.9 Å². The Bertz CT molecular complexity index is 431. The summed E-state index contributed by atoms with van der Waals surface area (Å²) in [5.41, 5.74) is 0. The van der Waals surface area contributed by atoms with Crippen molar-refractivity contribution in [2.75, 3.05) is 59.1 Å². The highest BCUT2D eigenvalue weighted by Gasteiger charge is 2.17. The average molecular weight is 392 g/mol. The van der Waals surface area contributed by atoms with Crippen molar-refractivity contribution >= 4 is 24.4 Å². The molecule has 0 aromatic carbocycles. The van der Waals surface area contributed by atoms with E-state index in [1.54, 1.807) is 20.8 Å². The lowest BCUT2D eigenvalue weighted by atomic mass is 10.4. The Hall–Kier alpha value is -2.20. The fourth-order valence-electron chi connectivity index (χ4n) is 1.88. The number of nitrogens with zero attached hydrogens (tertiary/aromatic N) is 2. The number of carboxylic acid groups (broad SMARTS) is 1. The van der Waals surface area contributed by atoms with Crippen molar-refractivity contribution in [1.82, 2.24) is 9.80 Å². The topological polar surface area (TPSA) is 123 Å². The molecule has 0 aromatic rings. The Kier molecular flexibility index (Phi) is 18.6. The molecule has 0 bridgehead atoms. The molecule has 0 saturated carbocycles. The van der Waals surface area contributed by atoms with Crippen molar-refractivity contribution in [3.63, 3.8) is 0 Å². The second-order valence-corrected chi connectivity index (χ2v) is 5.13. The zero-order chi connectivity index (χ0) is 21.1. The number of carbonyl (C=O) groups is 4.